The molecule has 1 aliphatic rings. The summed E-state index contributed by atoms with van der Waals surface area (Å²) in [4.78, 5) is 26.0. The molecule has 7 nitrogen and oxygen atoms in total. The Labute approximate surface area is 146 Å². The van der Waals surface area contributed by atoms with E-state index in [0.717, 1.165) is 30.5 Å². The molecule has 3 rings (SSSR count). The Morgan fingerprint density at radius 1 is 1.16 bits per heavy atom. The molecule has 1 heterocycles. The van der Waals surface area contributed by atoms with Gasteiger partial charge in [-0.15, -0.1) is 5.10 Å². The number of aryl methyl sites for hydroxylation is 1. The lowest BCUT2D eigenvalue weighted by atomic mass is 9.80. The Morgan fingerprint density at radius 2 is 1.80 bits per heavy atom. The number of aliphatic carboxylic acids is 1. The van der Waals surface area contributed by atoms with Crippen molar-refractivity contribution in [3.63, 3.8) is 0 Å². The Hall–Kier alpha value is -2.70. The maximum Gasteiger partial charge on any atom is 0.329 e. The largest absolute Gasteiger partial charge is 0.479 e. The third-order valence-electron chi connectivity index (χ3n) is 5.04. The van der Waals surface area contributed by atoms with E-state index in [-0.39, 0.29) is 5.69 Å². The van der Waals surface area contributed by atoms with Crippen LogP contribution < -0.4 is 0 Å². The average Bonchev–Trinajstić information content (AvgIpc) is 3.11. The second-order valence-electron chi connectivity index (χ2n) is 6.65. The fraction of sp³-hybridized carbons (Fsp3) is 0.444. The highest BCUT2D eigenvalue weighted by Crippen LogP contribution is 2.34. The maximum absolute atomic E-state index is 12.8. The highest BCUT2D eigenvalue weighted by molar-refractivity contribution is 5.96. The van der Waals surface area contributed by atoms with Crippen molar-refractivity contribution in [1.29, 1.82) is 0 Å². The molecule has 0 aliphatic heterocycles. The van der Waals surface area contributed by atoms with E-state index in [9.17, 15) is 14.7 Å². The summed E-state index contributed by atoms with van der Waals surface area (Å²) in [6.07, 6.45) is 5.09. The molecular formula is C18H22N4O3. The van der Waals surface area contributed by atoms with Crippen molar-refractivity contribution < 1.29 is 14.7 Å². The monoisotopic (exact) mass is 342 g/mol. The molecule has 25 heavy (non-hydrogen) atoms. The van der Waals surface area contributed by atoms with Gasteiger partial charge in [0.1, 0.15) is 5.54 Å². The SMILES string of the molecule is Cc1ccc(-n2cc(C(=O)N(C)C3(C(=O)O)CCCCC3)nn2)cc1. The molecule has 132 valence electrons. The minimum atomic E-state index is -1.15. The molecule has 1 saturated carbocycles. The summed E-state index contributed by atoms with van der Waals surface area (Å²) in [7, 11) is 1.55. The van der Waals surface area contributed by atoms with Crippen molar-refractivity contribution in [2.24, 2.45) is 0 Å². The first-order valence-corrected chi connectivity index (χ1v) is 8.45. The molecule has 1 aromatic heterocycles. The zero-order chi connectivity index (χ0) is 18.0. The maximum atomic E-state index is 12.8. The summed E-state index contributed by atoms with van der Waals surface area (Å²) < 4.78 is 1.52. The van der Waals surface area contributed by atoms with Crippen molar-refractivity contribution in [1.82, 2.24) is 19.9 Å². The van der Waals surface area contributed by atoms with Gasteiger partial charge in [-0.3, -0.25) is 4.79 Å². The number of nitrogens with zero attached hydrogens (tertiary/aromatic N) is 4. The van der Waals surface area contributed by atoms with Crippen LogP contribution in [0.1, 0.15) is 48.2 Å². The van der Waals surface area contributed by atoms with Crippen LogP contribution in [0.25, 0.3) is 5.69 Å². The highest BCUT2D eigenvalue weighted by atomic mass is 16.4. The Morgan fingerprint density at radius 3 is 2.40 bits per heavy atom. The molecule has 0 unspecified atom stereocenters. The van der Waals surface area contributed by atoms with E-state index in [1.54, 1.807) is 13.2 Å². The molecule has 1 aliphatic carbocycles. The van der Waals surface area contributed by atoms with Crippen LogP contribution >= 0.6 is 0 Å². The number of carbonyl (C=O) groups excluding carboxylic acids is 1. The average molecular weight is 342 g/mol. The first-order chi connectivity index (χ1) is 11.9. The number of hydrogen-bond donors (Lipinski definition) is 1. The zero-order valence-corrected chi connectivity index (χ0v) is 14.5. The summed E-state index contributed by atoms with van der Waals surface area (Å²) in [6.45, 7) is 1.99. The van der Waals surface area contributed by atoms with Gasteiger partial charge in [-0.25, -0.2) is 9.48 Å². The molecule has 1 amide bonds. The molecule has 0 bridgehead atoms. The van der Waals surface area contributed by atoms with Gasteiger partial charge in [0.05, 0.1) is 11.9 Å². The van der Waals surface area contributed by atoms with Gasteiger partial charge in [0, 0.05) is 7.05 Å². The van der Waals surface area contributed by atoms with Gasteiger partial charge in [0.2, 0.25) is 0 Å². The summed E-state index contributed by atoms with van der Waals surface area (Å²) >= 11 is 0. The Balaban J connectivity index is 1.85. The third-order valence-corrected chi connectivity index (χ3v) is 5.04. The fourth-order valence-electron chi connectivity index (χ4n) is 3.38. The molecule has 0 saturated heterocycles. The van der Waals surface area contributed by atoms with Gasteiger partial charge in [-0.2, -0.15) is 0 Å². The first kappa shape index (κ1) is 17.1. The Kier molecular flexibility index (Phi) is 4.57. The zero-order valence-electron chi connectivity index (χ0n) is 14.5. The van der Waals surface area contributed by atoms with Crippen LogP contribution in [0.15, 0.2) is 30.5 Å². The first-order valence-electron chi connectivity index (χ1n) is 8.45. The molecule has 1 N–H and O–H groups in total. The number of rotatable bonds is 4. The van der Waals surface area contributed by atoms with Crippen LogP contribution in [0, 0.1) is 6.92 Å². The number of carboxylic acids is 1. The smallest absolute Gasteiger partial charge is 0.329 e. The van der Waals surface area contributed by atoms with Gasteiger partial charge in [-0.1, -0.05) is 42.2 Å². The summed E-state index contributed by atoms with van der Waals surface area (Å²) in [5, 5.41) is 17.7. The van der Waals surface area contributed by atoms with Crippen molar-refractivity contribution in [2.45, 2.75) is 44.6 Å². The summed E-state index contributed by atoms with van der Waals surface area (Å²) in [6, 6.07) is 7.68. The molecule has 1 fully saturated rings. The second kappa shape index (κ2) is 6.66. The predicted octanol–water partition coefficient (Wildman–Crippen LogP) is 2.44. The minimum absolute atomic E-state index is 0.147. The number of carbonyl (C=O) groups is 2. The van der Waals surface area contributed by atoms with Crippen LogP contribution in [0.5, 0.6) is 0 Å². The minimum Gasteiger partial charge on any atom is -0.479 e. The standard InChI is InChI=1S/C18H22N4O3/c1-13-6-8-14(9-7-13)22-12-15(19-20-22)16(23)21(2)18(17(24)25)10-4-3-5-11-18/h6-9,12H,3-5,10-11H2,1-2H3,(H,24,25). The number of likely N-dealkylation sites (N-methyl/N-ethyl adjacent to an activating group) is 1. The van der Waals surface area contributed by atoms with Crippen molar-refractivity contribution in [2.75, 3.05) is 7.05 Å². The van der Waals surface area contributed by atoms with Crippen LogP contribution in [-0.2, 0) is 4.79 Å². The molecule has 0 spiro atoms. The van der Waals surface area contributed by atoms with Crippen LogP contribution in [0.3, 0.4) is 0 Å². The highest BCUT2D eigenvalue weighted by Gasteiger charge is 2.46. The third kappa shape index (κ3) is 3.14. The van der Waals surface area contributed by atoms with Crippen molar-refractivity contribution in [3.8, 4) is 5.69 Å². The Bertz CT molecular complexity index is 776. The molecule has 7 heteroatoms. The summed E-state index contributed by atoms with van der Waals surface area (Å²) in [5.41, 5.74) is 0.920. The lowest BCUT2D eigenvalue weighted by Gasteiger charge is -2.40. The predicted molar refractivity (Wildman–Crippen MR) is 91.6 cm³/mol. The number of benzene rings is 1. The number of amides is 1. The number of aromatic nitrogens is 3. The molecule has 0 atom stereocenters. The number of hydrogen-bond acceptors (Lipinski definition) is 4. The van der Waals surface area contributed by atoms with E-state index in [2.05, 4.69) is 10.3 Å². The molecule has 1 aromatic carbocycles. The van der Waals surface area contributed by atoms with Crippen LogP contribution in [-0.4, -0.2) is 49.5 Å². The van der Waals surface area contributed by atoms with Crippen LogP contribution in [0.2, 0.25) is 0 Å². The fourth-order valence-corrected chi connectivity index (χ4v) is 3.38. The van der Waals surface area contributed by atoms with E-state index < -0.39 is 17.4 Å². The van der Waals surface area contributed by atoms with Crippen molar-refractivity contribution >= 4 is 11.9 Å². The van der Waals surface area contributed by atoms with Gasteiger partial charge >= 0.3 is 5.97 Å². The lowest BCUT2D eigenvalue weighted by Crippen LogP contribution is -2.56. The molecular weight excluding hydrogens is 320 g/mol. The van der Waals surface area contributed by atoms with E-state index in [0.29, 0.717) is 12.8 Å². The quantitative estimate of drug-likeness (QED) is 0.922. The van der Waals surface area contributed by atoms with Crippen LogP contribution in [0.4, 0.5) is 0 Å². The van der Waals surface area contributed by atoms with Gasteiger partial charge in [-0.05, 0) is 31.9 Å². The van der Waals surface area contributed by atoms with Gasteiger partial charge < -0.3 is 10.0 Å². The van der Waals surface area contributed by atoms with E-state index in [4.69, 9.17) is 0 Å². The lowest BCUT2D eigenvalue weighted by molar-refractivity contribution is -0.151. The molecule has 2 aromatic rings. The van der Waals surface area contributed by atoms with E-state index in [1.165, 1.54) is 9.58 Å². The summed E-state index contributed by atoms with van der Waals surface area (Å²) in [5.74, 6) is -1.36. The topological polar surface area (TPSA) is 88.3 Å². The number of carboxylic acid groups (broad SMARTS) is 1. The van der Waals surface area contributed by atoms with Crippen molar-refractivity contribution in [3.05, 3.63) is 41.7 Å². The van der Waals surface area contributed by atoms with E-state index >= 15 is 0 Å². The van der Waals surface area contributed by atoms with Gasteiger partial charge in [0.25, 0.3) is 5.91 Å². The molecule has 0 radical (unpaired) electrons. The van der Waals surface area contributed by atoms with Gasteiger partial charge in [0.15, 0.2) is 5.69 Å². The van der Waals surface area contributed by atoms with E-state index in [1.807, 2.05) is 31.2 Å². The normalized spacial score (nSPS) is 16.4. The second-order valence-corrected chi connectivity index (χ2v) is 6.65.